The largest absolute Gasteiger partial charge is 0.495 e. The summed E-state index contributed by atoms with van der Waals surface area (Å²) in [5.74, 6) is 1.00. The van der Waals surface area contributed by atoms with Crippen LogP contribution in [0.4, 0.5) is 11.6 Å². The van der Waals surface area contributed by atoms with Gasteiger partial charge in [0.1, 0.15) is 11.8 Å². The molecule has 0 saturated carbocycles. The summed E-state index contributed by atoms with van der Waals surface area (Å²) in [6.07, 6.45) is 1.93. The Morgan fingerprint density at radius 2 is 1.90 bits per heavy atom. The smallest absolute Gasteiger partial charge is 0.255 e. The van der Waals surface area contributed by atoms with Crippen LogP contribution in [-0.2, 0) is 4.79 Å². The lowest BCUT2D eigenvalue weighted by molar-refractivity contribution is -0.113. The van der Waals surface area contributed by atoms with E-state index in [1.807, 2.05) is 68.6 Å². The molecule has 1 aliphatic rings. The molecule has 4 rings (SSSR count). The Kier molecular flexibility index (Phi) is 5.50. The molecule has 0 fully saturated rings. The summed E-state index contributed by atoms with van der Waals surface area (Å²) in [7, 11) is 1.58. The number of aromatic nitrogens is 3. The van der Waals surface area contributed by atoms with Crippen LogP contribution >= 0.6 is 11.8 Å². The monoisotopic (exact) mass is 421 g/mol. The van der Waals surface area contributed by atoms with Crippen LogP contribution in [0.15, 0.2) is 65.0 Å². The molecule has 154 valence electrons. The van der Waals surface area contributed by atoms with Gasteiger partial charge in [-0.3, -0.25) is 4.79 Å². The van der Waals surface area contributed by atoms with Crippen molar-refractivity contribution in [2.75, 3.05) is 24.0 Å². The second kappa shape index (κ2) is 8.23. The Hall–Kier alpha value is -3.26. The van der Waals surface area contributed by atoms with E-state index in [1.165, 1.54) is 11.8 Å². The molecule has 1 amide bonds. The molecule has 0 saturated heterocycles. The Morgan fingerprint density at radius 1 is 1.17 bits per heavy atom. The Bertz CT molecular complexity index is 1120. The molecule has 1 aliphatic heterocycles. The number of amides is 1. The number of allylic oxidation sites excluding steroid dienone is 1. The van der Waals surface area contributed by atoms with E-state index in [-0.39, 0.29) is 5.91 Å². The van der Waals surface area contributed by atoms with E-state index in [4.69, 9.17) is 4.74 Å². The molecule has 0 radical (unpaired) electrons. The summed E-state index contributed by atoms with van der Waals surface area (Å²) in [5.41, 5.74) is 4.04. The van der Waals surface area contributed by atoms with Crippen LogP contribution in [0.1, 0.15) is 24.1 Å². The number of methoxy groups -OCH3 is 1. The maximum atomic E-state index is 13.5. The second-order valence-electron chi connectivity index (χ2n) is 7.00. The van der Waals surface area contributed by atoms with E-state index in [1.54, 1.807) is 11.8 Å². The minimum absolute atomic E-state index is 0.220. The van der Waals surface area contributed by atoms with Crippen molar-refractivity contribution in [3.05, 3.63) is 70.9 Å². The third-order valence-corrected chi connectivity index (χ3v) is 5.55. The molecular weight excluding hydrogens is 398 g/mol. The highest BCUT2D eigenvalue weighted by atomic mass is 32.2. The number of ether oxygens (including phenoxy) is 1. The Labute approximate surface area is 179 Å². The SMILES string of the molecule is COc1ccccc1NC(=O)C1=C(C)Nc2nc(SC)nn2C1c1ccc(C)cc1. The van der Waals surface area contributed by atoms with Gasteiger partial charge in [0.05, 0.1) is 18.4 Å². The average Bonchev–Trinajstić information content (AvgIpc) is 3.16. The van der Waals surface area contributed by atoms with Crippen LogP contribution in [0.5, 0.6) is 5.75 Å². The van der Waals surface area contributed by atoms with Gasteiger partial charge in [-0.2, -0.15) is 4.98 Å². The van der Waals surface area contributed by atoms with Crippen molar-refractivity contribution in [1.29, 1.82) is 0 Å². The first-order valence-electron chi connectivity index (χ1n) is 9.51. The molecule has 1 aromatic heterocycles. The number of nitrogens with one attached hydrogen (secondary N) is 2. The summed E-state index contributed by atoms with van der Waals surface area (Å²) in [6, 6.07) is 15.1. The Morgan fingerprint density at radius 3 is 2.60 bits per heavy atom. The molecule has 3 aromatic rings. The Balaban J connectivity index is 1.79. The lowest BCUT2D eigenvalue weighted by Gasteiger charge is -2.29. The number of rotatable bonds is 5. The van der Waals surface area contributed by atoms with E-state index in [0.29, 0.717) is 28.1 Å². The fourth-order valence-electron chi connectivity index (χ4n) is 3.51. The minimum Gasteiger partial charge on any atom is -0.495 e. The zero-order valence-electron chi connectivity index (χ0n) is 17.3. The maximum Gasteiger partial charge on any atom is 0.255 e. The van der Waals surface area contributed by atoms with Crippen molar-refractivity contribution >= 4 is 29.3 Å². The van der Waals surface area contributed by atoms with Crippen LogP contribution in [0, 0.1) is 6.92 Å². The van der Waals surface area contributed by atoms with Gasteiger partial charge in [0.15, 0.2) is 0 Å². The summed E-state index contributed by atoms with van der Waals surface area (Å²) in [4.78, 5) is 18.0. The first-order chi connectivity index (χ1) is 14.5. The minimum atomic E-state index is -0.398. The maximum absolute atomic E-state index is 13.5. The number of carbonyl (C=O) groups is 1. The first kappa shape index (κ1) is 20.0. The molecule has 30 heavy (non-hydrogen) atoms. The van der Waals surface area contributed by atoms with Gasteiger partial charge < -0.3 is 15.4 Å². The summed E-state index contributed by atoms with van der Waals surface area (Å²) < 4.78 is 7.16. The summed E-state index contributed by atoms with van der Waals surface area (Å²) in [6.45, 7) is 3.92. The molecule has 1 unspecified atom stereocenters. The standard InChI is InChI=1S/C22H23N5O2S/c1-13-9-11-15(12-10-13)19-18(14(2)23-21-25-22(30-4)26-27(19)21)20(28)24-16-7-5-6-8-17(16)29-3/h5-12,19H,1-4H3,(H,24,28)(H,23,25,26). The lowest BCUT2D eigenvalue weighted by atomic mass is 9.94. The number of hydrogen-bond donors (Lipinski definition) is 2. The van der Waals surface area contributed by atoms with E-state index < -0.39 is 6.04 Å². The molecule has 2 heterocycles. The van der Waals surface area contributed by atoms with Crippen molar-refractivity contribution in [3.8, 4) is 5.75 Å². The quantitative estimate of drug-likeness (QED) is 0.600. The topological polar surface area (TPSA) is 81.1 Å². The fraction of sp³-hybridized carbons (Fsp3) is 0.227. The third-order valence-electron chi connectivity index (χ3n) is 5.01. The number of nitrogens with zero attached hydrogens (tertiary/aromatic N) is 3. The van der Waals surface area contributed by atoms with Gasteiger partial charge in [-0.05, 0) is 37.8 Å². The van der Waals surface area contributed by atoms with Crippen molar-refractivity contribution in [1.82, 2.24) is 14.8 Å². The van der Waals surface area contributed by atoms with Crippen molar-refractivity contribution in [2.45, 2.75) is 25.0 Å². The van der Waals surface area contributed by atoms with Crippen LogP contribution in [0.2, 0.25) is 0 Å². The number of para-hydroxylation sites is 2. The predicted molar refractivity (Wildman–Crippen MR) is 119 cm³/mol. The number of thioether (sulfide) groups is 1. The number of benzene rings is 2. The highest BCUT2D eigenvalue weighted by molar-refractivity contribution is 7.98. The van der Waals surface area contributed by atoms with Crippen LogP contribution < -0.4 is 15.4 Å². The van der Waals surface area contributed by atoms with Gasteiger partial charge in [-0.15, -0.1) is 5.10 Å². The molecule has 2 N–H and O–H groups in total. The van der Waals surface area contributed by atoms with Gasteiger partial charge in [0, 0.05) is 5.70 Å². The molecule has 8 heteroatoms. The van der Waals surface area contributed by atoms with E-state index in [9.17, 15) is 4.79 Å². The van der Waals surface area contributed by atoms with Gasteiger partial charge in [0.2, 0.25) is 11.1 Å². The number of fused-ring (bicyclic) bond motifs is 1. The summed E-state index contributed by atoms with van der Waals surface area (Å²) in [5, 5.41) is 11.5. The molecule has 1 atom stereocenters. The van der Waals surface area contributed by atoms with E-state index in [0.717, 1.165) is 16.8 Å². The van der Waals surface area contributed by atoms with Crippen molar-refractivity contribution in [3.63, 3.8) is 0 Å². The molecular formula is C22H23N5O2S. The summed E-state index contributed by atoms with van der Waals surface area (Å²) >= 11 is 1.46. The third kappa shape index (κ3) is 3.66. The van der Waals surface area contributed by atoms with Crippen LogP contribution in [0.25, 0.3) is 0 Å². The van der Waals surface area contributed by atoms with Gasteiger partial charge in [-0.25, -0.2) is 4.68 Å². The highest BCUT2D eigenvalue weighted by Crippen LogP contribution is 2.37. The van der Waals surface area contributed by atoms with Crippen LogP contribution in [-0.4, -0.2) is 34.0 Å². The molecule has 0 spiro atoms. The van der Waals surface area contributed by atoms with Gasteiger partial charge in [-0.1, -0.05) is 53.7 Å². The molecule has 0 bridgehead atoms. The van der Waals surface area contributed by atoms with Gasteiger partial charge in [0.25, 0.3) is 5.91 Å². The van der Waals surface area contributed by atoms with Crippen molar-refractivity contribution in [2.24, 2.45) is 0 Å². The zero-order chi connectivity index (χ0) is 21.3. The zero-order valence-corrected chi connectivity index (χ0v) is 18.1. The highest BCUT2D eigenvalue weighted by Gasteiger charge is 2.34. The molecule has 7 nitrogen and oxygen atoms in total. The lowest BCUT2D eigenvalue weighted by Crippen LogP contribution is -2.31. The molecule has 0 aliphatic carbocycles. The molecule has 2 aromatic carbocycles. The van der Waals surface area contributed by atoms with Gasteiger partial charge >= 0.3 is 0 Å². The number of anilines is 2. The number of hydrogen-bond acceptors (Lipinski definition) is 6. The van der Waals surface area contributed by atoms with E-state index >= 15 is 0 Å². The second-order valence-corrected chi connectivity index (χ2v) is 7.77. The average molecular weight is 422 g/mol. The van der Waals surface area contributed by atoms with Crippen LogP contribution in [0.3, 0.4) is 0 Å². The van der Waals surface area contributed by atoms with E-state index in [2.05, 4.69) is 20.7 Å². The number of carbonyl (C=O) groups excluding carboxylic acids is 1. The van der Waals surface area contributed by atoms with Crippen molar-refractivity contribution < 1.29 is 9.53 Å². The number of aryl methyl sites for hydroxylation is 1. The fourth-order valence-corrected chi connectivity index (χ4v) is 3.85. The first-order valence-corrected chi connectivity index (χ1v) is 10.7. The normalized spacial score (nSPS) is 15.4. The predicted octanol–water partition coefficient (Wildman–Crippen LogP) is 4.24.